The number of hydrogen-bond acceptors (Lipinski definition) is 1. The van der Waals surface area contributed by atoms with E-state index in [1.54, 1.807) is 0 Å². The fraction of sp³-hybridized carbons (Fsp3) is 0.375. The second kappa shape index (κ2) is 7.34. The highest BCUT2D eigenvalue weighted by Gasteiger charge is 2.09. The third kappa shape index (κ3) is 5.19. The summed E-state index contributed by atoms with van der Waals surface area (Å²) in [5, 5.41) is 4.38. The topological polar surface area (TPSA) is 12.0 Å². The van der Waals surface area contributed by atoms with Crippen LogP contribution in [0.3, 0.4) is 0 Å². The molecular formula is C16H21ClIN. The zero-order chi connectivity index (χ0) is 14.6. The lowest BCUT2D eigenvalue weighted by Crippen LogP contribution is -2.17. The van der Waals surface area contributed by atoms with E-state index in [9.17, 15) is 0 Å². The van der Waals surface area contributed by atoms with Crippen LogP contribution < -0.4 is 5.32 Å². The molecule has 19 heavy (non-hydrogen) atoms. The van der Waals surface area contributed by atoms with Crippen molar-refractivity contribution in [3.05, 3.63) is 49.6 Å². The molecule has 0 aliphatic heterocycles. The van der Waals surface area contributed by atoms with Crippen LogP contribution in [0, 0.1) is 13.8 Å². The van der Waals surface area contributed by atoms with Crippen molar-refractivity contribution in [2.75, 3.05) is 5.32 Å². The number of allylic oxidation sites excluding steroid dienone is 3. The second-order valence-corrected chi connectivity index (χ2v) is 6.70. The quantitative estimate of drug-likeness (QED) is 0.495. The molecule has 0 aliphatic carbocycles. The molecular weight excluding hydrogens is 369 g/mol. The van der Waals surface area contributed by atoms with Crippen molar-refractivity contribution in [2.45, 2.75) is 40.7 Å². The molecule has 0 fully saturated rings. The number of nitrogens with one attached hydrogen (secondary N) is 1. The number of benzene rings is 1. The maximum atomic E-state index is 5.93. The zero-order valence-electron chi connectivity index (χ0n) is 12.1. The Hall–Kier alpha value is -0.480. The lowest BCUT2D eigenvalue weighted by molar-refractivity contribution is 0.919. The summed E-state index contributed by atoms with van der Waals surface area (Å²) in [5.74, 6) is 0. The van der Waals surface area contributed by atoms with Gasteiger partial charge in [-0.25, -0.2) is 0 Å². The van der Waals surface area contributed by atoms with Gasteiger partial charge in [0.05, 0.1) is 0 Å². The van der Waals surface area contributed by atoms with Gasteiger partial charge in [-0.3, -0.25) is 0 Å². The minimum absolute atomic E-state index is 0.277. The van der Waals surface area contributed by atoms with Crippen LogP contribution in [-0.2, 0) is 0 Å². The molecule has 0 saturated carbocycles. The minimum atomic E-state index is 0.277. The Labute approximate surface area is 135 Å². The molecule has 1 rings (SSSR count). The first-order valence-electron chi connectivity index (χ1n) is 6.35. The molecule has 1 unspecified atom stereocenters. The Morgan fingerprint density at radius 3 is 2.53 bits per heavy atom. The van der Waals surface area contributed by atoms with Gasteiger partial charge in [0.25, 0.3) is 0 Å². The fourth-order valence-electron chi connectivity index (χ4n) is 1.73. The van der Waals surface area contributed by atoms with Gasteiger partial charge in [0, 0.05) is 20.3 Å². The zero-order valence-corrected chi connectivity index (χ0v) is 15.1. The van der Waals surface area contributed by atoms with Crippen molar-refractivity contribution in [1.82, 2.24) is 0 Å². The highest BCUT2D eigenvalue weighted by Crippen LogP contribution is 2.24. The van der Waals surface area contributed by atoms with Crippen LogP contribution in [-0.4, -0.2) is 6.04 Å². The normalized spacial score (nSPS) is 15.0. The maximum absolute atomic E-state index is 5.93. The average Bonchev–Trinajstić information content (AvgIpc) is 2.31. The lowest BCUT2D eigenvalue weighted by atomic mass is 10.1. The van der Waals surface area contributed by atoms with Gasteiger partial charge >= 0.3 is 0 Å². The summed E-state index contributed by atoms with van der Waals surface area (Å²) in [5.41, 5.74) is 5.03. The van der Waals surface area contributed by atoms with E-state index in [4.69, 9.17) is 11.6 Å². The standard InChI is InChI=1S/C16H21ClIN/c1-10-6-7-11(2)16(8-10)19-14(5)13(4)15(18)9-12(3)17/h6-9,14,19H,1-5H3/b12-9+,15-13-. The van der Waals surface area contributed by atoms with Gasteiger partial charge in [-0.1, -0.05) is 23.7 Å². The molecule has 1 N–H and O–H groups in total. The van der Waals surface area contributed by atoms with Crippen LogP contribution in [0.1, 0.15) is 31.9 Å². The third-order valence-corrected chi connectivity index (χ3v) is 4.39. The number of aryl methyl sites for hydroxylation is 2. The summed E-state index contributed by atoms with van der Waals surface area (Å²) < 4.78 is 1.19. The average molecular weight is 390 g/mol. The summed E-state index contributed by atoms with van der Waals surface area (Å²) in [6.45, 7) is 10.5. The summed E-state index contributed by atoms with van der Waals surface area (Å²) >= 11 is 8.26. The molecule has 1 aromatic carbocycles. The summed E-state index contributed by atoms with van der Waals surface area (Å²) in [4.78, 5) is 0. The van der Waals surface area contributed by atoms with Gasteiger partial charge in [0.15, 0.2) is 0 Å². The first kappa shape index (κ1) is 16.6. The highest BCUT2D eigenvalue weighted by atomic mass is 127. The van der Waals surface area contributed by atoms with Crippen molar-refractivity contribution in [1.29, 1.82) is 0 Å². The maximum Gasteiger partial charge on any atom is 0.0456 e. The smallest absolute Gasteiger partial charge is 0.0456 e. The Balaban J connectivity index is 2.93. The molecule has 0 saturated heterocycles. The SMILES string of the molecule is C/C(=C(I)\C=C(/C)Cl)C(C)Nc1cc(C)ccc1C. The second-order valence-electron chi connectivity index (χ2n) is 4.95. The van der Waals surface area contributed by atoms with Crippen LogP contribution in [0.4, 0.5) is 5.69 Å². The van der Waals surface area contributed by atoms with Gasteiger partial charge in [0.1, 0.15) is 0 Å². The first-order chi connectivity index (χ1) is 8.81. The van der Waals surface area contributed by atoms with Crippen molar-refractivity contribution in [2.24, 2.45) is 0 Å². The molecule has 0 amide bonds. The third-order valence-electron chi connectivity index (χ3n) is 3.12. The molecule has 0 spiro atoms. The van der Waals surface area contributed by atoms with E-state index in [0.29, 0.717) is 0 Å². The molecule has 3 heteroatoms. The fourth-order valence-corrected chi connectivity index (χ4v) is 2.96. The summed E-state index contributed by atoms with van der Waals surface area (Å²) in [6.07, 6.45) is 2.00. The van der Waals surface area contributed by atoms with Crippen LogP contribution >= 0.6 is 34.2 Å². The van der Waals surface area contributed by atoms with E-state index < -0.39 is 0 Å². The van der Waals surface area contributed by atoms with Gasteiger partial charge in [-0.15, -0.1) is 0 Å². The van der Waals surface area contributed by atoms with Crippen LogP contribution in [0.25, 0.3) is 0 Å². The molecule has 1 aromatic rings. The van der Waals surface area contributed by atoms with E-state index in [1.165, 1.54) is 26.0 Å². The Kier molecular flexibility index (Phi) is 6.40. The number of halogens is 2. The molecule has 0 radical (unpaired) electrons. The Morgan fingerprint density at radius 2 is 1.95 bits per heavy atom. The van der Waals surface area contributed by atoms with Crippen molar-refractivity contribution in [3.8, 4) is 0 Å². The van der Waals surface area contributed by atoms with E-state index in [0.717, 1.165) is 5.03 Å². The van der Waals surface area contributed by atoms with Crippen molar-refractivity contribution in [3.63, 3.8) is 0 Å². The first-order valence-corrected chi connectivity index (χ1v) is 7.80. The Morgan fingerprint density at radius 1 is 1.32 bits per heavy atom. The van der Waals surface area contributed by atoms with Crippen molar-refractivity contribution < 1.29 is 0 Å². The highest BCUT2D eigenvalue weighted by molar-refractivity contribution is 14.1. The van der Waals surface area contributed by atoms with Gasteiger partial charge in [-0.2, -0.15) is 0 Å². The molecule has 0 aromatic heterocycles. The van der Waals surface area contributed by atoms with Crippen LogP contribution in [0.15, 0.2) is 38.5 Å². The van der Waals surface area contributed by atoms with Crippen LogP contribution in [0.2, 0.25) is 0 Å². The number of rotatable bonds is 4. The number of hydrogen-bond donors (Lipinski definition) is 1. The monoisotopic (exact) mass is 389 g/mol. The Bertz CT molecular complexity index is 513. The van der Waals surface area contributed by atoms with E-state index in [1.807, 2.05) is 13.0 Å². The van der Waals surface area contributed by atoms with Crippen molar-refractivity contribution >= 4 is 39.9 Å². The predicted molar refractivity (Wildman–Crippen MR) is 95.3 cm³/mol. The predicted octanol–water partition coefficient (Wildman–Crippen LogP) is 5.96. The molecule has 1 nitrogen and oxygen atoms in total. The minimum Gasteiger partial charge on any atom is -0.379 e. The molecule has 0 aliphatic rings. The summed E-state index contributed by atoms with van der Waals surface area (Å²) in [7, 11) is 0. The van der Waals surface area contributed by atoms with Gasteiger partial charge < -0.3 is 5.32 Å². The molecule has 0 bridgehead atoms. The van der Waals surface area contributed by atoms with Gasteiger partial charge in [0.2, 0.25) is 0 Å². The largest absolute Gasteiger partial charge is 0.379 e. The summed E-state index contributed by atoms with van der Waals surface area (Å²) in [6, 6.07) is 6.75. The molecule has 104 valence electrons. The number of anilines is 1. The van der Waals surface area contributed by atoms with Gasteiger partial charge in [-0.05, 0) is 86.1 Å². The lowest BCUT2D eigenvalue weighted by Gasteiger charge is -2.19. The molecule has 0 heterocycles. The van der Waals surface area contributed by atoms with E-state index >= 15 is 0 Å². The van der Waals surface area contributed by atoms with Crippen LogP contribution in [0.5, 0.6) is 0 Å². The van der Waals surface area contributed by atoms with E-state index in [2.05, 4.69) is 73.8 Å². The van der Waals surface area contributed by atoms with E-state index in [-0.39, 0.29) is 6.04 Å². The molecule has 1 atom stereocenters.